The van der Waals surface area contributed by atoms with Crippen molar-refractivity contribution in [2.24, 2.45) is 0 Å². The van der Waals surface area contributed by atoms with Gasteiger partial charge >= 0.3 is 5.97 Å². The van der Waals surface area contributed by atoms with Gasteiger partial charge < -0.3 is 17.1 Å². The molecule has 0 saturated heterocycles. The molecule has 0 aromatic rings. The van der Waals surface area contributed by atoms with Crippen LogP contribution in [0, 0.1) is 0 Å². The van der Waals surface area contributed by atoms with Crippen molar-refractivity contribution in [2.75, 3.05) is 26.9 Å². The van der Waals surface area contributed by atoms with Crippen LogP contribution in [0.1, 0.15) is 111 Å². The van der Waals surface area contributed by atoms with Crippen molar-refractivity contribution in [3.05, 3.63) is 12.2 Å². The summed E-state index contributed by atoms with van der Waals surface area (Å²) in [7, 11) is 2.17. The van der Waals surface area contributed by atoms with E-state index in [1.54, 1.807) is 6.92 Å². The van der Waals surface area contributed by atoms with Gasteiger partial charge in [-0.25, -0.2) is 4.79 Å². The zero-order chi connectivity index (χ0) is 20.4. The first-order valence-electron chi connectivity index (χ1n) is 11.6. The third kappa shape index (κ3) is 17.6. The molecule has 3 nitrogen and oxygen atoms in total. The first-order chi connectivity index (χ1) is 12.9. The molecule has 0 aromatic heterocycles. The van der Waals surface area contributed by atoms with Crippen LogP contribution in [0.25, 0.3) is 0 Å². The highest BCUT2D eigenvalue weighted by Crippen LogP contribution is 2.14. The molecule has 0 N–H and O–H groups in total. The molecule has 0 spiro atoms. The van der Waals surface area contributed by atoms with Gasteiger partial charge in [-0.1, -0.05) is 90.6 Å². The van der Waals surface area contributed by atoms with Crippen molar-refractivity contribution in [3.63, 3.8) is 0 Å². The number of hydrogen-bond acceptors (Lipinski definition) is 2. The average molecular weight is 418 g/mol. The summed E-state index contributed by atoms with van der Waals surface area (Å²) in [6.07, 6.45) is 19.4. The molecule has 0 heterocycles. The highest BCUT2D eigenvalue weighted by Gasteiger charge is 2.21. The standard InChI is InChI=1S/C24H48NO2.ClH/c1-6-8-9-10-11-12-13-14-15-16-17-18-19-20-21-25(5,7-2)22-27-24(26)23(3)4;/h3,6-22H2,1-2,4-5H3;1H/q+1;/p-1. The molecular formula is C24H48ClNO2. The number of nitrogens with zero attached hydrogens (tertiary/aromatic N) is 1. The fourth-order valence-electron chi connectivity index (χ4n) is 3.34. The van der Waals surface area contributed by atoms with Crippen LogP contribution in [0.2, 0.25) is 0 Å². The van der Waals surface area contributed by atoms with Gasteiger partial charge in [0.2, 0.25) is 6.73 Å². The van der Waals surface area contributed by atoms with E-state index in [0.29, 0.717) is 12.3 Å². The first-order valence-corrected chi connectivity index (χ1v) is 11.6. The van der Waals surface area contributed by atoms with Gasteiger partial charge in [0.25, 0.3) is 0 Å². The van der Waals surface area contributed by atoms with Crippen LogP contribution in [0.3, 0.4) is 0 Å². The van der Waals surface area contributed by atoms with Gasteiger partial charge in [-0.15, -0.1) is 0 Å². The van der Waals surface area contributed by atoms with Crippen LogP contribution >= 0.6 is 0 Å². The van der Waals surface area contributed by atoms with Gasteiger partial charge in [0, 0.05) is 5.57 Å². The van der Waals surface area contributed by atoms with Gasteiger partial charge in [0.15, 0.2) is 0 Å². The van der Waals surface area contributed by atoms with Crippen molar-refractivity contribution in [3.8, 4) is 0 Å². The molecule has 1 unspecified atom stereocenters. The SMILES string of the molecule is C=C(C)C(=O)OC[N+](C)(CC)CCCCCCCCCCCCCCCC.[Cl-]. The van der Waals surface area contributed by atoms with E-state index < -0.39 is 0 Å². The molecule has 0 aliphatic heterocycles. The maximum Gasteiger partial charge on any atom is 0.337 e. The molecule has 1 atom stereocenters. The van der Waals surface area contributed by atoms with Crippen molar-refractivity contribution < 1.29 is 26.4 Å². The van der Waals surface area contributed by atoms with Crippen molar-refractivity contribution in [1.82, 2.24) is 0 Å². The molecule has 28 heavy (non-hydrogen) atoms. The highest BCUT2D eigenvalue weighted by molar-refractivity contribution is 5.86. The fourth-order valence-corrected chi connectivity index (χ4v) is 3.34. The van der Waals surface area contributed by atoms with Crippen molar-refractivity contribution in [2.45, 2.75) is 111 Å². The van der Waals surface area contributed by atoms with Gasteiger partial charge in [-0.2, -0.15) is 0 Å². The summed E-state index contributed by atoms with van der Waals surface area (Å²) in [6.45, 7) is 12.3. The minimum absolute atomic E-state index is 0. The number of carbonyl (C=O) groups excluding carboxylic acids is 1. The highest BCUT2D eigenvalue weighted by atomic mass is 35.5. The molecule has 0 rings (SSSR count). The minimum Gasteiger partial charge on any atom is -1.00 e. The van der Waals surface area contributed by atoms with Crippen LogP contribution in [0.5, 0.6) is 0 Å². The second-order valence-electron chi connectivity index (χ2n) is 8.60. The Bertz CT molecular complexity index is 387. The molecule has 4 heteroatoms. The van der Waals surface area contributed by atoms with E-state index in [-0.39, 0.29) is 18.4 Å². The van der Waals surface area contributed by atoms with E-state index in [1.807, 2.05) is 0 Å². The van der Waals surface area contributed by atoms with E-state index >= 15 is 0 Å². The lowest BCUT2D eigenvalue weighted by Crippen LogP contribution is -3.00. The Morgan fingerprint density at radius 2 is 1.18 bits per heavy atom. The van der Waals surface area contributed by atoms with E-state index in [1.165, 1.54) is 89.9 Å². The third-order valence-electron chi connectivity index (χ3n) is 5.67. The molecule has 0 radical (unpaired) electrons. The second kappa shape index (κ2) is 19.8. The van der Waals surface area contributed by atoms with Crippen LogP contribution in [0.15, 0.2) is 12.2 Å². The van der Waals surface area contributed by atoms with Gasteiger partial charge in [-0.3, -0.25) is 4.48 Å². The molecule has 0 saturated carbocycles. The normalized spacial score (nSPS) is 12.9. The Balaban J connectivity index is 0. The van der Waals surface area contributed by atoms with E-state index in [9.17, 15) is 4.79 Å². The van der Waals surface area contributed by atoms with Crippen LogP contribution in [-0.4, -0.2) is 37.3 Å². The van der Waals surface area contributed by atoms with E-state index in [0.717, 1.165) is 17.6 Å². The number of esters is 1. The summed E-state index contributed by atoms with van der Waals surface area (Å²) in [5, 5.41) is 0. The number of halogens is 1. The number of quaternary nitrogens is 1. The van der Waals surface area contributed by atoms with E-state index in [4.69, 9.17) is 4.74 Å². The molecule has 0 aromatic carbocycles. The zero-order valence-electron chi connectivity index (χ0n) is 19.4. The number of hydrogen-bond donors (Lipinski definition) is 0. The van der Waals surface area contributed by atoms with Gasteiger partial charge in [0.1, 0.15) is 0 Å². The van der Waals surface area contributed by atoms with Crippen LogP contribution < -0.4 is 12.4 Å². The largest absolute Gasteiger partial charge is 1.00 e. The zero-order valence-corrected chi connectivity index (χ0v) is 20.1. The average Bonchev–Trinajstić information content (AvgIpc) is 2.66. The monoisotopic (exact) mass is 417 g/mol. The molecule has 0 bridgehead atoms. The lowest BCUT2D eigenvalue weighted by Gasteiger charge is -2.32. The predicted molar refractivity (Wildman–Crippen MR) is 118 cm³/mol. The number of unbranched alkanes of at least 4 members (excludes halogenated alkanes) is 13. The molecule has 0 aliphatic carbocycles. The Hall–Kier alpha value is -0.540. The third-order valence-corrected chi connectivity index (χ3v) is 5.67. The van der Waals surface area contributed by atoms with Gasteiger partial charge in [-0.05, 0) is 26.7 Å². The minimum atomic E-state index is -0.270. The summed E-state index contributed by atoms with van der Waals surface area (Å²) < 4.78 is 6.17. The van der Waals surface area contributed by atoms with E-state index in [2.05, 4.69) is 27.5 Å². The second-order valence-corrected chi connectivity index (χ2v) is 8.60. The summed E-state index contributed by atoms with van der Waals surface area (Å²) in [4.78, 5) is 11.6. The number of carbonyl (C=O) groups is 1. The molecular weight excluding hydrogens is 370 g/mol. The summed E-state index contributed by atoms with van der Waals surface area (Å²) in [5.41, 5.74) is 0.481. The van der Waals surface area contributed by atoms with Crippen molar-refractivity contribution >= 4 is 5.97 Å². The topological polar surface area (TPSA) is 26.3 Å². The number of ether oxygens (including phenoxy) is 1. The van der Waals surface area contributed by atoms with Crippen LogP contribution in [-0.2, 0) is 9.53 Å². The molecule has 0 aliphatic rings. The smallest absolute Gasteiger partial charge is 0.337 e. The molecule has 0 amide bonds. The fraction of sp³-hybridized carbons (Fsp3) is 0.875. The quantitative estimate of drug-likeness (QED) is 0.104. The summed E-state index contributed by atoms with van der Waals surface area (Å²) in [6, 6.07) is 0. The first kappa shape index (κ1) is 29.7. The Kier molecular flexibility index (Phi) is 20.9. The van der Waals surface area contributed by atoms with Crippen molar-refractivity contribution in [1.29, 1.82) is 0 Å². The summed E-state index contributed by atoms with van der Waals surface area (Å²) in [5.74, 6) is -0.270. The number of rotatable bonds is 19. The predicted octanol–water partition coefficient (Wildman–Crippen LogP) is 4.02. The summed E-state index contributed by atoms with van der Waals surface area (Å²) >= 11 is 0. The Morgan fingerprint density at radius 3 is 1.54 bits per heavy atom. The lowest BCUT2D eigenvalue weighted by molar-refractivity contribution is -0.924. The van der Waals surface area contributed by atoms with Gasteiger partial charge in [0.05, 0.1) is 20.1 Å². The Labute approximate surface area is 182 Å². The maximum absolute atomic E-state index is 11.6. The lowest BCUT2D eigenvalue weighted by atomic mass is 10.0. The maximum atomic E-state index is 11.6. The van der Waals surface area contributed by atoms with Crippen LogP contribution in [0.4, 0.5) is 0 Å². The molecule has 168 valence electrons. The molecule has 0 fully saturated rings. The Morgan fingerprint density at radius 1 is 0.786 bits per heavy atom.